The number of rotatable bonds is 6. The van der Waals surface area contributed by atoms with E-state index in [-0.39, 0.29) is 5.92 Å². The number of aliphatic carboxylic acids is 1. The summed E-state index contributed by atoms with van der Waals surface area (Å²) < 4.78 is 0. The van der Waals surface area contributed by atoms with Gasteiger partial charge >= 0.3 is 5.97 Å². The molecule has 1 fully saturated rings. The summed E-state index contributed by atoms with van der Waals surface area (Å²) in [5.41, 5.74) is 0. The third-order valence-corrected chi connectivity index (χ3v) is 3.66. The molecule has 0 aromatic carbocycles. The lowest BCUT2D eigenvalue weighted by Crippen LogP contribution is -2.38. The van der Waals surface area contributed by atoms with E-state index in [0.29, 0.717) is 0 Å². The second-order valence-electron chi connectivity index (χ2n) is 5.56. The molecule has 1 aliphatic rings. The van der Waals surface area contributed by atoms with Crippen LogP contribution < -0.4 is 0 Å². The monoisotopic (exact) mass is 242 g/mol. The molecule has 4 heteroatoms. The minimum Gasteiger partial charge on any atom is -0.481 e. The van der Waals surface area contributed by atoms with Gasteiger partial charge in [-0.15, -0.1) is 0 Å². The highest BCUT2D eigenvalue weighted by atomic mass is 16.4. The summed E-state index contributed by atoms with van der Waals surface area (Å²) >= 11 is 0. The van der Waals surface area contributed by atoms with Crippen LogP contribution in [0.5, 0.6) is 0 Å². The van der Waals surface area contributed by atoms with Gasteiger partial charge in [0.2, 0.25) is 0 Å². The second kappa shape index (κ2) is 6.97. The first-order valence-electron chi connectivity index (χ1n) is 6.59. The highest BCUT2D eigenvalue weighted by Gasteiger charge is 2.19. The van der Waals surface area contributed by atoms with Crippen LogP contribution in [0, 0.1) is 11.8 Å². The Hall–Kier alpha value is -0.610. The Bertz CT molecular complexity index is 246. The lowest BCUT2D eigenvalue weighted by molar-refractivity contribution is -0.141. The molecule has 1 aliphatic heterocycles. The van der Waals surface area contributed by atoms with Crippen LogP contribution in [0.15, 0.2) is 0 Å². The topological polar surface area (TPSA) is 43.8 Å². The predicted molar refractivity (Wildman–Crippen MR) is 69.1 cm³/mol. The molecule has 17 heavy (non-hydrogen) atoms. The Morgan fingerprint density at radius 1 is 1.59 bits per heavy atom. The summed E-state index contributed by atoms with van der Waals surface area (Å²) in [5, 5.41) is 8.83. The van der Waals surface area contributed by atoms with Gasteiger partial charge in [-0.05, 0) is 52.4 Å². The molecule has 0 spiro atoms. The highest BCUT2D eigenvalue weighted by Crippen LogP contribution is 2.16. The molecule has 0 radical (unpaired) electrons. The van der Waals surface area contributed by atoms with E-state index in [0.717, 1.165) is 25.4 Å². The number of piperidine rings is 1. The van der Waals surface area contributed by atoms with Crippen molar-refractivity contribution in [3.8, 4) is 0 Å². The summed E-state index contributed by atoms with van der Waals surface area (Å²) in [6, 6.07) is 0. The van der Waals surface area contributed by atoms with Gasteiger partial charge in [-0.25, -0.2) is 0 Å². The molecule has 0 aromatic heterocycles. The zero-order chi connectivity index (χ0) is 12.8. The third-order valence-electron chi connectivity index (χ3n) is 3.66. The zero-order valence-electron chi connectivity index (χ0n) is 11.4. The molecular weight excluding hydrogens is 216 g/mol. The normalized spacial score (nSPS) is 23.9. The summed E-state index contributed by atoms with van der Waals surface area (Å²) in [5.74, 6) is -0.166. The van der Waals surface area contributed by atoms with E-state index in [4.69, 9.17) is 5.11 Å². The van der Waals surface area contributed by atoms with Crippen LogP contribution in [0.3, 0.4) is 0 Å². The quantitative estimate of drug-likeness (QED) is 0.764. The molecule has 0 amide bonds. The van der Waals surface area contributed by atoms with Gasteiger partial charge in [0.05, 0.1) is 5.92 Å². The number of likely N-dealkylation sites (tertiary alicyclic amines) is 1. The standard InChI is InChI=1S/C13H26N2O2/c1-11(13(16)17)6-8-15(3)10-12-5-4-7-14(2)9-12/h11-12H,4-10H2,1-3H3,(H,16,17). The molecule has 1 heterocycles. The number of nitrogens with zero attached hydrogens (tertiary/aromatic N) is 2. The molecule has 100 valence electrons. The number of carbonyl (C=O) groups is 1. The van der Waals surface area contributed by atoms with Crippen molar-refractivity contribution in [1.82, 2.24) is 9.80 Å². The van der Waals surface area contributed by atoms with E-state index in [1.807, 2.05) is 0 Å². The smallest absolute Gasteiger partial charge is 0.306 e. The van der Waals surface area contributed by atoms with Crippen molar-refractivity contribution in [1.29, 1.82) is 0 Å². The lowest BCUT2D eigenvalue weighted by Gasteiger charge is -2.32. The van der Waals surface area contributed by atoms with E-state index in [9.17, 15) is 4.79 Å². The summed E-state index contributed by atoms with van der Waals surface area (Å²) in [4.78, 5) is 15.4. The van der Waals surface area contributed by atoms with E-state index in [2.05, 4.69) is 23.9 Å². The Kier molecular flexibility index (Phi) is 5.92. The zero-order valence-corrected chi connectivity index (χ0v) is 11.4. The Morgan fingerprint density at radius 2 is 2.29 bits per heavy atom. The van der Waals surface area contributed by atoms with Crippen LogP contribution in [0.2, 0.25) is 0 Å². The second-order valence-corrected chi connectivity index (χ2v) is 5.56. The Balaban J connectivity index is 2.20. The number of hydrogen-bond donors (Lipinski definition) is 1. The molecular formula is C13H26N2O2. The van der Waals surface area contributed by atoms with Gasteiger partial charge in [0.1, 0.15) is 0 Å². The first kappa shape index (κ1) is 14.5. The lowest BCUT2D eigenvalue weighted by atomic mass is 9.98. The van der Waals surface area contributed by atoms with Crippen LogP contribution in [-0.2, 0) is 4.79 Å². The third kappa shape index (κ3) is 5.50. The summed E-state index contributed by atoms with van der Waals surface area (Å²) in [7, 11) is 4.28. The van der Waals surface area contributed by atoms with Gasteiger partial charge in [-0.3, -0.25) is 4.79 Å². The van der Waals surface area contributed by atoms with E-state index in [1.165, 1.54) is 25.9 Å². The number of carboxylic acids is 1. The molecule has 1 rings (SSSR count). The molecule has 2 unspecified atom stereocenters. The van der Waals surface area contributed by atoms with Crippen molar-refractivity contribution in [2.45, 2.75) is 26.2 Å². The first-order chi connectivity index (χ1) is 7.99. The average molecular weight is 242 g/mol. The maximum absolute atomic E-state index is 10.7. The molecule has 0 aliphatic carbocycles. The fourth-order valence-electron chi connectivity index (χ4n) is 2.49. The molecule has 4 nitrogen and oxygen atoms in total. The molecule has 1 saturated heterocycles. The first-order valence-corrected chi connectivity index (χ1v) is 6.59. The van der Waals surface area contributed by atoms with Gasteiger partial charge in [0, 0.05) is 13.1 Å². The Labute approximate surface area is 105 Å². The van der Waals surface area contributed by atoms with Crippen LogP contribution in [0.25, 0.3) is 0 Å². The highest BCUT2D eigenvalue weighted by molar-refractivity contribution is 5.69. The number of carboxylic acid groups (broad SMARTS) is 1. The van der Waals surface area contributed by atoms with Crippen LogP contribution in [-0.4, -0.2) is 61.2 Å². The predicted octanol–water partition coefficient (Wildman–Crippen LogP) is 1.37. The van der Waals surface area contributed by atoms with Gasteiger partial charge in [-0.2, -0.15) is 0 Å². The van der Waals surface area contributed by atoms with Crippen LogP contribution >= 0.6 is 0 Å². The van der Waals surface area contributed by atoms with E-state index < -0.39 is 5.97 Å². The number of hydrogen-bond acceptors (Lipinski definition) is 3. The van der Waals surface area contributed by atoms with Gasteiger partial charge in [-0.1, -0.05) is 6.92 Å². The largest absolute Gasteiger partial charge is 0.481 e. The molecule has 1 N–H and O–H groups in total. The molecule has 0 aromatic rings. The molecule has 0 saturated carbocycles. The van der Waals surface area contributed by atoms with Crippen molar-refractivity contribution >= 4 is 5.97 Å². The maximum Gasteiger partial charge on any atom is 0.306 e. The van der Waals surface area contributed by atoms with Gasteiger partial charge in [0.15, 0.2) is 0 Å². The van der Waals surface area contributed by atoms with Gasteiger partial charge in [0.25, 0.3) is 0 Å². The maximum atomic E-state index is 10.7. The summed E-state index contributed by atoms with van der Waals surface area (Å²) in [6.45, 7) is 6.16. The average Bonchev–Trinajstić information content (AvgIpc) is 2.25. The van der Waals surface area contributed by atoms with Crippen LogP contribution in [0.1, 0.15) is 26.2 Å². The van der Waals surface area contributed by atoms with Crippen molar-refractivity contribution < 1.29 is 9.90 Å². The van der Waals surface area contributed by atoms with Gasteiger partial charge < -0.3 is 14.9 Å². The SMILES string of the molecule is CC(CCN(C)CC1CCCN(C)C1)C(=O)O. The van der Waals surface area contributed by atoms with E-state index >= 15 is 0 Å². The van der Waals surface area contributed by atoms with Crippen molar-refractivity contribution in [3.63, 3.8) is 0 Å². The molecule has 2 atom stereocenters. The van der Waals surface area contributed by atoms with Crippen molar-refractivity contribution in [3.05, 3.63) is 0 Å². The van der Waals surface area contributed by atoms with Crippen LogP contribution in [0.4, 0.5) is 0 Å². The Morgan fingerprint density at radius 3 is 2.88 bits per heavy atom. The van der Waals surface area contributed by atoms with Crippen molar-refractivity contribution in [2.24, 2.45) is 11.8 Å². The fourth-order valence-corrected chi connectivity index (χ4v) is 2.49. The van der Waals surface area contributed by atoms with E-state index in [1.54, 1.807) is 6.92 Å². The molecule has 0 bridgehead atoms. The minimum absolute atomic E-state index is 0.230. The minimum atomic E-state index is -0.684. The fraction of sp³-hybridized carbons (Fsp3) is 0.923. The van der Waals surface area contributed by atoms with Crippen molar-refractivity contribution in [2.75, 3.05) is 40.3 Å². The summed E-state index contributed by atoms with van der Waals surface area (Å²) in [6.07, 6.45) is 3.35.